The van der Waals surface area contributed by atoms with Gasteiger partial charge in [0.2, 0.25) is 15.9 Å². The molecule has 108 valence electrons. The van der Waals surface area contributed by atoms with E-state index in [0.29, 0.717) is 25.5 Å². The first-order chi connectivity index (χ1) is 8.57. The number of pyridine rings is 1. The summed E-state index contributed by atoms with van der Waals surface area (Å²) in [5.74, 6) is 0.654. The lowest BCUT2D eigenvalue weighted by atomic mass is 10.1. The van der Waals surface area contributed by atoms with Crippen molar-refractivity contribution in [2.45, 2.75) is 11.3 Å². The van der Waals surface area contributed by atoms with Gasteiger partial charge in [-0.15, -0.1) is 12.4 Å². The fraction of sp³-hybridized carbons (Fsp3) is 0.545. The molecule has 0 amide bonds. The van der Waals surface area contributed by atoms with Gasteiger partial charge in [0.05, 0.1) is 13.3 Å². The van der Waals surface area contributed by atoms with Gasteiger partial charge in [-0.1, -0.05) is 0 Å². The zero-order valence-corrected chi connectivity index (χ0v) is 12.3. The molecule has 6 nitrogen and oxygen atoms in total. The zero-order valence-electron chi connectivity index (χ0n) is 10.7. The highest BCUT2D eigenvalue weighted by Crippen LogP contribution is 2.23. The maximum atomic E-state index is 12.3. The number of rotatable bonds is 4. The Morgan fingerprint density at radius 2 is 2.26 bits per heavy atom. The molecule has 0 aromatic carbocycles. The Balaban J connectivity index is 0.00000180. The van der Waals surface area contributed by atoms with E-state index in [1.54, 1.807) is 6.07 Å². The van der Waals surface area contributed by atoms with Crippen LogP contribution in [0.25, 0.3) is 0 Å². The SMILES string of the molecule is COc1ccc(S(=O)(=O)N2CCC(CN)C2)cn1.Cl. The van der Waals surface area contributed by atoms with Crippen LogP contribution in [0, 0.1) is 5.92 Å². The van der Waals surface area contributed by atoms with Crippen molar-refractivity contribution >= 4 is 22.4 Å². The monoisotopic (exact) mass is 307 g/mol. The molecule has 1 aliphatic heterocycles. The molecule has 1 aliphatic rings. The molecule has 8 heteroatoms. The lowest BCUT2D eigenvalue weighted by molar-refractivity contribution is 0.397. The van der Waals surface area contributed by atoms with Crippen LogP contribution >= 0.6 is 12.4 Å². The van der Waals surface area contributed by atoms with Gasteiger partial charge in [-0.25, -0.2) is 13.4 Å². The number of nitrogens with two attached hydrogens (primary N) is 1. The number of nitrogens with zero attached hydrogens (tertiary/aromatic N) is 2. The van der Waals surface area contributed by atoms with Crippen molar-refractivity contribution in [1.29, 1.82) is 0 Å². The molecule has 2 rings (SSSR count). The molecule has 2 N–H and O–H groups in total. The fourth-order valence-electron chi connectivity index (χ4n) is 2.00. The molecule has 0 spiro atoms. The average molecular weight is 308 g/mol. The number of hydrogen-bond donors (Lipinski definition) is 1. The minimum atomic E-state index is -3.45. The Morgan fingerprint density at radius 1 is 1.53 bits per heavy atom. The first kappa shape index (κ1) is 16.2. The van der Waals surface area contributed by atoms with Crippen LogP contribution in [0.3, 0.4) is 0 Å². The van der Waals surface area contributed by atoms with Crippen LogP contribution in [-0.4, -0.2) is 44.5 Å². The Labute approximate surface area is 119 Å². The minimum absolute atomic E-state index is 0. The van der Waals surface area contributed by atoms with E-state index >= 15 is 0 Å². The van der Waals surface area contributed by atoms with E-state index in [1.807, 2.05) is 0 Å². The van der Waals surface area contributed by atoms with Gasteiger partial charge in [-0.2, -0.15) is 4.31 Å². The minimum Gasteiger partial charge on any atom is -0.481 e. The van der Waals surface area contributed by atoms with Crippen LogP contribution in [0.2, 0.25) is 0 Å². The van der Waals surface area contributed by atoms with Crippen molar-refractivity contribution < 1.29 is 13.2 Å². The predicted molar refractivity (Wildman–Crippen MR) is 74.0 cm³/mol. The highest BCUT2D eigenvalue weighted by atomic mass is 35.5. The molecular weight excluding hydrogens is 290 g/mol. The maximum Gasteiger partial charge on any atom is 0.244 e. The summed E-state index contributed by atoms with van der Waals surface area (Å²) in [7, 11) is -1.96. The van der Waals surface area contributed by atoms with Crippen LogP contribution in [0.1, 0.15) is 6.42 Å². The molecule has 2 heterocycles. The van der Waals surface area contributed by atoms with E-state index in [9.17, 15) is 8.42 Å². The van der Waals surface area contributed by atoms with Gasteiger partial charge in [-0.3, -0.25) is 0 Å². The standard InChI is InChI=1S/C11H17N3O3S.ClH/c1-17-11-3-2-10(7-13-11)18(15,16)14-5-4-9(6-12)8-14;/h2-3,7,9H,4-6,8,12H2,1H3;1H. The summed E-state index contributed by atoms with van der Waals surface area (Å²) in [6, 6.07) is 3.06. The van der Waals surface area contributed by atoms with Crippen molar-refractivity contribution in [2.75, 3.05) is 26.7 Å². The zero-order chi connectivity index (χ0) is 13.2. The number of halogens is 1. The summed E-state index contributed by atoms with van der Waals surface area (Å²) < 4.78 is 31.0. The summed E-state index contributed by atoms with van der Waals surface area (Å²) in [4.78, 5) is 4.12. The van der Waals surface area contributed by atoms with E-state index in [0.717, 1.165) is 6.42 Å². The molecule has 0 bridgehead atoms. The number of hydrogen-bond acceptors (Lipinski definition) is 5. The summed E-state index contributed by atoms with van der Waals surface area (Å²) in [5.41, 5.74) is 5.57. The van der Waals surface area contributed by atoms with Gasteiger partial charge in [0.25, 0.3) is 0 Å². The fourth-order valence-corrected chi connectivity index (χ4v) is 3.47. The average Bonchev–Trinajstić information content (AvgIpc) is 2.88. The second kappa shape index (κ2) is 6.51. The Morgan fingerprint density at radius 3 is 2.74 bits per heavy atom. The van der Waals surface area contributed by atoms with Crippen molar-refractivity contribution in [2.24, 2.45) is 11.7 Å². The topological polar surface area (TPSA) is 85.5 Å². The largest absolute Gasteiger partial charge is 0.481 e. The maximum absolute atomic E-state index is 12.3. The summed E-state index contributed by atoms with van der Waals surface area (Å²) in [6.07, 6.45) is 2.14. The van der Waals surface area contributed by atoms with E-state index in [-0.39, 0.29) is 23.2 Å². The van der Waals surface area contributed by atoms with Crippen molar-refractivity contribution in [3.05, 3.63) is 18.3 Å². The van der Waals surface area contributed by atoms with Gasteiger partial charge < -0.3 is 10.5 Å². The van der Waals surface area contributed by atoms with Crippen molar-refractivity contribution in [3.8, 4) is 5.88 Å². The van der Waals surface area contributed by atoms with Crippen LogP contribution in [0.5, 0.6) is 5.88 Å². The molecule has 1 fully saturated rings. The number of aromatic nitrogens is 1. The van der Waals surface area contributed by atoms with E-state index in [1.165, 1.54) is 23.7 Å². The first-order valence-electron chi connectivity index (χ1n) is 5.78. The number of methoxy groups -OCH3 is 1. The second-order valence-corrected chi connectivity index (χ2v) is 6.23. The molecule has 19 heavy (non-hydrogen) atoms. The lowest BCUT2D eigenvalue weighted by Crippen LogP contribution is -2.30. The normalized spacial score (nSPS) is 20.0. The Kier molecular flexibility index (Phi) is 5.54. The Bertz CT molecular complexity index is 506. The molecule has 1 saturated heterocycles. The molecule has 0 saturated carbocycles. The Hall–Kier alpha value is -0.890. The molecule has 0 radical (unpaired) electrons. The lowest BCUT2D eigenvalue weighted by Gasteiger charge is -2.16. The van der Waals surface area contributed by atoms with Crippen LogP contribution in [-0.2, 0) is 10.0 Å². The number of sulfonamides is 1. The number of ether oxygens (including phenoxy) is 1. The van der Waals surface area contributed by atoms with E-state index < -0.39 is 10.0 Å². The molecule has 1 aromatic rings. The van der Waals surface area contributed by atoms with Crippen LogP contribution in [0.4, 0.5) is 0 Å². The third-order valence-corrected chi connectivity index (χ3v) is 4.99. The highest BCUT2D eigenvalue weighted by molar-refractivity contribution is 7.89. The summed E-state index contributed by atoms with van der Waals surface area (Å²) in [5, 5.41) is 0. The van der Waals surface area contributed by atoms with Crippen molar-refractivity contribution in [1.82, 2.24) is 9.29 Å². The highest BCUT2D eigenvalue weighted by Gasteiger charge is 2.32. The van der Waals surface area contributed by atoms with Gasteiger partial charge >= 0.3 is 0 Å². The van der Waals surface area contributed by atoms with Crippen LogP contribution < -0.4 is 10.5 Å². The molecular formula is C11H18ClN3O3S. The summed E-state index contributed by atoms with van der Waals surface area (Å²) in [6.45, 7) is 1.54. The van der Waals surface area contributed by atoms with E-state index in [2.05, 4.69) is 4.98 Å². The van der Waals surface area contributed by atoms with Gasteiger partial charge in [0.15, 0.2) is 0 Å². The van der Waals surface area contributed by atoms with Gasteiger partial charge in [0, 0.05) is 19.2 Å². The smallest absolute Gasteiger partial charge is 0.244 e. The third kappa shape index (κ3) is 3.36. The van der Waals surface area contributed by atoms with E-state index in [4.69, 9.17) is 10.5 Å². The second-order valence-electron chi connectivity index (χ2n) is 4.29. The van der Waals surface area contributed by atoms with Gasteiger partial charge in [-0.05, 0) is 24.9 Å². The van der Waals surface area contributed by atoms with Crippen molar-refractivity contribution in [3.63, 3.8) is 0 Å². The molecule has 1 aromatic heterocycles. The molecule has 1 unspecified atom stereocenters. The third-order valence-electron chi connectivity index (χ3n) is 3.14. The molecule has 0 aliphatic carbocycles. The summed E-state index contributed by atoms with van der Waals surface area (Å²) >= 11 is 0. The first-order valence-corrected chi connectivity index (χ1v) is 7.22. The quantitative estimate of drug-likeness (QED) is 0.874. The van der Waals surface area contributed by atoms with Gasteiger partial charge in [0.1, 0.15) is 4.90 Å². The predicted octanol–water partition coefficient (Wildman–Crippen LogP) is 0.481. The molecule has 1 atom stereocenters. The van der Waals surface area contributed by atoms with Crippen LogP contribution in [0.15, 0.2) is 23.2 Å².